The van der Waals surface area contributed by atoms with Crippen LogP contribution in [0.25, 0.3) is 0 Å². The highest BCUT2D eigenvalue weighted by atomic mass is 16.5. The van der Waals surface area contributed by atoms with Crippen LogP contribution in [0.3, 0.4) is 0 Å². The lowest BCUT2D eigenvalue weighted by Crippen LogP contribution is -2.05. The van der Waals surface area contributed by atoms with E-state index in [1.54, 1.807) is 12.1 Å². The lowest BCUT2D eigenvalue weighted by Gasteiger charge is -2.15. The molecular formula is C17H18N2O2. The van der Waals surface area contributed by atoms with Crippen LogP contribution in [0.5, 0.6) is 11.5 Å². The van der Waals surface area contributed by atoms with Gasteiger partial charge in [-0.05, 0) is 30.7 Å². The molecule has 4 nitrogen and oxygen atoms in total. The molecule has 0 atom stereocenters. The molecule has 2 N–H and O–H groups in total. The summed E-state index contributed by atoms with van der Waals surface area (Å²) < 4.78 is 11.5. The van der Waals surface area contributed by atoms with Gasteiger partial charge in [-0.3, -0.25) is 0 Å². The van der Waals surface area contributed by atoms with Crippen LogP contribution in [0.2, 0.25) is 0 Å². The number of benzene rings is 2. The molecule has 0 saturated carbocycles. The van der Waals surface area contributed by atoms with E-state index in [1.807, 2.05) is 37.3 Å². The highest BCUT2D eigenvalue weighted by Gasteiger charge is 2.10. The predicted molar refractivity (Wildman–Crippen MR) is 81.0 cm³/mol. The van der Waals surface area contributed by atoms with Crippen LogP contribution in [-0.4, -0.2) is 6.61 Å². The van der Waals surface area contributed by atoms with Crippen LogP contribution in [-0.2, 0) is 13.2 Å². The number of rotatable bonds is 6. The van der Waals surface area contributed by atoms with E-state index in [1.165, 1.54) is 0 Å². The normalized spacial score (nSPS) is 9.95. The molecule has 0 aliphatic heterocycles. The molecule has 2 aromatic carbocycles. The average Bonchev–Trinajstić information content (AvgIpc) is 2.54. The van der Waals surface area contributed by atoms with Gasteiger partial charge in [0.2, 0.25) is 0 Å². The summed E-state index contributed by atoms with van der Waals surface area (Å²) in [5.41, 5.74) is 8.29. The summed E-state index contributed by atoms with van der Waals surface area (Å²) in [7, 11) is 0. The standard InChI is InChI=1S/C17H18N2O2/c1-2-20-16-5-3-4-15(11-19)17(16)21-12-14-8-6-13(10-18)7-9-14/h3-9H,2,11-12,19H2,1H3. The fourth-order valence-electron chi connectivity index (χ4n) is 1.99. The van der Waals surface area contributed by atoms with Crippen LogP contribution >= 0.6 is 0 Å². The van der Waals surface area contributed by atoms with Gasteiger partial charge in [0.25, 0.3) is 0 Å². The summed E-state index contributed by atoms with van der Waals surface area (Å²) in [4.78, 5) is 0. The second-order valence-electron chi connectivity index (χ2n) is 4.48. The van der Waals surface area contributed by atoms with Crippen molar-refractivity contribution in [1.29, 1.82) is 5.26 Å². The van der Waals surface area contributed by atoms with Gasteiger partial charge < -0.3 is 15.2 Å². The Hall–Kier alpha value is -2.51. The van der Waals surface area contributed by atoms with Crippen LogP contribution in [0.15, 0.2) is 42.5 Å². The number of nitriles is 1. The van der Waals surface area contributed by atoms with E-state index in [2.05, 4.69) is 6.07 Å². The number of nitrogens with zero attached hydrogens (tertiary/aromatic N) is 1. The van der Waals surface area contributed by atoms with Gasteiger partial charge in [-0.2, -0.15) is 5.26 Å². The topological polar surface area (TPSA) is 68.3 Å². The molecule has 0 heterocycles. The Kier molecular flexibility index (Phi) is 5.19. The molecule has 0 spiro atoms. The summed E-state index contributed by atoms with van der Waals surface area (Å²) in [5.74, 6) is 1.39. The number of nitrogens with two attached hydrogens (primary N) is 1. The highest BCUT2D eigenvalue weighted by molar-refractivity contribution is 5.46. The van der Waals surface area contributed by atoms with Crippen LogP contribution in [0.4, 0.5) is 0 Å². The Morgan fingerprint density at radius 2 is 1.86 bits per heavy atom. The Balaban J connectivity index is 2.16. The molecule has 21 heavy (non-hydrogen) atoms. The van der Waals surface area contributed by atoms with E-state index in [-0.39, 0.29) is 0 Å². The first-order valence-electron chi connectivity index (χ1n) is 6.85. The smallest absolute Gasteiger partial charge is 0.166 e. The third kappa shape index (κ3) is 3.74. The van der Waals surface area contributed by atoms with Gasteiger partial charge in [0.15, 0.2) is 11.5 Å². The summed E-state index contributed by atoms with van der Waals surface area (Å²) in [5, 5.41) is 8.79. The van der Waals surface area contributed by atoms with Gasteiger partial charge >= 0.3 is 0 Å². The van der Waals surface area contributed by atoms with Crippen molar-refractivity contribution in [2.45, 2.75) is 20.1 Å². The SMILES string of the molecule is CCOc1cccc(CN)c1OCc1ccc(C#N)cc1. The van der Waals surface area contributed by atoms with E-state index < -0.39 is 0 Å². The van der Waals surface area contributed by atoms with Crippen LogP contribution < -0.4 is 15.2 Å². The van der Waals surface area contributed by atoms with E-state index in [9.17, 15) is 0 Å². The lowest BCUT2D eigenvalue weighted by molar-refractivity contribution is 0.266. The molecule has 0 fully saturated rings. The Morgan fingerprint density at radius 1 is 1.10 bits per heavy atom. The van der Waals surface area contributed by atoms with Crippen molar-refractivity contribution in [3.05, 3.63) is 59.2 Å². The monoisotopic (exact) mass is 282 g/mol. The van der Waals surface area contributed by atoms with Crippen molar-refractivity contribution in [3.8, 4) is 17.6 Å². The van der Waals surface area contributed by atoms with Gasteiger partial charge in [-0.15, -0.1) is 0 Å². The predicted octanol–water partition coefficient (Wildman–Crippen LogP) is 2.99. The maximum absolute atomic E-state index is 8.79. The zero-order chi connectivity index (χ0) is 15.1. The summed E-state index contributed by atoms with van der Waals surface area (Å²) in [6.07, 6.45) is 0. The van der Waals surface area contributed by atoms with E-state index in [4.69, 9.17) is 20.5 Å². The van der Waals surface area contributed by atoms with Gasteiger partial charge in [0, 0.05) is 12.1 Å². The first-order chi connectivity index (χ1) is 10.3. The Morgan fingerprint density at radius 3 is 2.48 bits per heavy atom. The minimum atomic E-state index is 0.392. The second kappa shape index (κ2) is 7.32. The highest BCUT2D eigenvalue weighted by Crippen LogP contribution is 2.31. The van der Waals surface area contributed by atoms with E-state index in [0.29, 0.717) is 36.8 Å². The van der Waals surface area contributed by atoms with Crippen molar-refractivity contribution < 1.29 is 9.47 Å². The largest absolute Gasteiger partial charge is 0.490 e. The number of hydrogen-bond donors (Lipinski definition) is 1. The molecule has 0 radical (unpaired) electrons. The molecular weight excluding hydrogens is 264 g/mol. The number of ether oxygens (including phenoxy) is 2. The maximum atomic E-state index is 8.79. The zero-order valence-electron chi connectivity index (χ0n) is 12.0. The molecule has 2 rings (SSSR count). The first-order valence-corrected chi connectivity index (χ1v) is 6.85. The zero-order valence-corrected chi connectivity index (χ0v) is 12.0. The quantitative estimate of drug-likeness (QED) is 0.884. The third-order valence-corrected chi connectivity index (χ3v) is 3.05. The summed E-state index contributed by atoms with van der Waals surface area (Å²) >= 11 is 0. The molecule has 108 valence electrons. The molecule has 4 heteroatoms. The first kappa shape index (κ1) is 14.9. The van der Waals surface area contributed by atoms with Crippen molar-refractivity contribution in [1.82, 2.24) is 0 Å². The van der Waals surface area contributed by atoms with Crippen molar-refractivity contribution in [3.63, 3.8) is 0 Å². The molecule has 0 aromatic heterocycles. The fraction of sp³-hybridized carbons (Fsp3) is 0.235. The third-order valence-electron chi connectivity index (χ3n) is 3.05. The van der Waals surface area contributed by atoms with Gasteiger partial charge in [-0.25, -0.2) is 0 Å². The van der Waals surface area contributed by atoms with Gasteiger partial charge in [0.05, 0.1) is 18.2 Å². The average molecular weight is 282 g/mol. The summed E-state index contributed by atoms with van der Waals surface area (Å²) in [6.45, 7) is 3.30. The minimum Gasteiger partial charge on any atom is -0.490 e. The molecule has 0 saturated heterocycles. The molecule has 2 aromatic rings. The van der Waals surface area contributed by atoms with E-state index in [0.717, 1.165) is 11.1 Å². The van der Waals surface area contributed by atoms with Crippen molar-refractivity contribution in [2.24, 2.45) is 5.73 Å². The van der Waals surface area contributed by atoms with Crippen molar-refractivity contribution >= 4 is 0 Å². The second-order valence-corrected chi connectivity index (χ2v) is 4.48. The number of para-hydroxylation sites is 1. The van der Waals surface area contributed by atoms with Crippen molar-refractivity contribution in [2.75, 3.05) is 6.61 Å². The fourth-order valence-corrected chi connectivity index (χ4v) is 1.99. The Bertz CT molecular complexity index is 630. The molecule has 0 amide bonds. The van der Waals surface area contributed by atoms with E-state index >= 15 is 0 Å². The molecule has 0 aliphatic rings. The molecule has 0 unspecified atom stereocenters. The minimum absolute atomic E-state index is 0.392. The maximum Gasteiger partial charge on any atom is 0.166 e. The number of hydrogen-bond acceptors (Lipinski definition) is 4. The van der Waals surface area contributed by atoms with Gasteiger partial charge in [-0.1, -0.05) is 24.3 Å². The molecule has 0 bridgehead atoms. The Labute approximate surface area is 124 Å². The van der Waals surface area contributed by atoms with Gasteiger partial charge in [0.1, 0.15) is 6.61 Å². The lowest BCUT2D eigenvalue weighted by atomic mass is 10.1. The van der Waals surface area contributed by atoms with Crippen LogP contribution in [0, 0.1) is 11.3 Å². The molecule has 0 aliphatic carbocycles. The summed E-state index contributed by atoms with van der Waals surface area (Å²) in [6, 6.07) is 15.1. The van der Waals surface area contributed by atoms with Crippen LogP contribution in [0.1, 0.15) is 23.6 Å².